The van der Waals surface area contributed by atoms with Crippen LogP contribution in [-0.4, -0.2) is 25.0 Å². The minimum absolute atomic E-state index is 0.0497. The van der Waals surface area contributed by atoms with Gasteiger partial charge in [0.25, 0.3) is 0 Å². The Morgan fingerprint density at radius 2 is 2.16 bits per heavy atom. The molecule has 104 valence electrons. The summed E-state index contributed by atoms with van der Waals surface area (Å²) >= 11 is 0. The molecule has 1 aliphatic carbocycles. The summed E-state index contributed by atoms with van der Waals surface area (Å²) < 4.78 is 5.28. The van der Waals surface area contributed by atoms with E-state index in [1.165, 1.54) is 11.1 Å². The molecule has 0 saturated heterocycles. The molecule has 0 fully saturated rings. The molecule has 0 bridgehead atoms. The standard InChI is InChI=1S/C16H23NO2/c1-11(2)16(18)17(3)15-7-5-6-12-10-13(19-4)8-9-14(12)15/h8-11,15H,5-7H2,1-4H3/t15-/m0/s1. The minimum atomic E-state index is 0.0497. The largest absolute Gasteiger partial charge is 0.497 e. The molecule has 0 N–H and O–H groups in total. The third kappa shape index (κ3) is 2.75. The van der Waals surface area contributed by atoms with E-state index < -0.39 is 0 Å². The highest BCUT2D eigenvalue weighted by molar-refractivity contribution is 5.78. The summed E-state index contributed by atoms with van der Waals surface area (Å²) in [6, 6.07) is 6.42. The number of carbonyl (C=O) groups is 1. The predicted octanol–water partition coefficient (Wildman–Crippen LogP) is 3.19. The van der Waals surface area contributed by atoms with Crippen molar-refractivity contribution in [1.29, 1.82) is 0 Å². The lowest BCUT2D eigenvalue weighted by Crippen LogP contribution is -2.35. The van der Waals surface area contributed by atoms with E-state index in [1.54, 1.807) is 7.11 Å². The van der Waals surface area contributed by atoms with Crippen molar-refractivity contribution in [2.45, 2.75) is 39.2 Å². The molecule has 1 atom stereocenters. The molecule has 2 rings (SSSR count). The molecule has 1 aliphatic rings. The molecule has 0 saturated carbocycles. The second-order valence-corrected chi connectivity index (χ2v) is 5.58. The van der Waals surface area contributed by atoms with Crippen LogP contribution < -0.4 is 4.74 Å². The van der Waals surface area contributed by atoms with Crippen molar-refractivity contribution in [2.24, 2.45) is 5.92 Å². The summed E-state index contributed by atoms with van der Waals surface area (Å²) in [4.78, 5) is 14.1. The molecule has 3 heteroatoms. The highest BCUT2D eigenvalue weighted by Gasteiger charge is 2.27. The highest BCUT2D eigenvalue weighted by atomic mass is 16.5. The topological polar surface area (TPSA) is 29.5 Å². The van der Waals surface area contributed by atoms with Gasteiger partial charge in [-0.1, -0.05) is 19.9 Å². The number of aryl methyl sites for hydroxylation is 1. The summed E-state index contributed by atoms with van der Waals surface area (Å²) in [6.07, 6.45) is 3.25. The Hall–Kier alpha value is -1.51. The van der Waals surface area contributed by atoms with Gasteiger partial charge in [-0.05, 0) is 42.5 Å². The molecule has 0 radical (unpaired) electrons. The van der Waals surface area contributed by atoms with Crippen molar-refractivity contribution < 1.29 is 9.53 Å². The first-order valence-corrected chi connectivity index (χ1v) is 6.98. The van der Waals surface area contributed by atoms with Crippen LogP contribution >= 0.6 is 0 Å². The van der Waals surface area contributed by atoms with Crippen LogP contribution in [0.15, 0.2) is 18.2 Å². The lowest BCUT2D eigenvalue weighted by molar-refractivity contribution is -0.135. The summed E-state index contributed by atoms with van der Waals surface area (Å²) in [7, 11) is 3.61. The second kappa shape index (κ2) is 5.64. The molecule has 1 amide bonds. The van der Waals surface area contributed by atoms with Gasteiger partial charge in [-0.3, -0.25) is 4.79 Å². The van der Waals surface area contributed by atoms with Crippen LogP contribution in [0.25, 0.3) is 0 Å². The van der Waals surface area contributed by atoms with Gasteiger partial charge in [-0.2, -0.15) is 0 Å². The van der Waals surface area contributed by atoms with E-state index in [-0.39, 0.29) is 17.9 Å². The van der Waals surface area contributed by atoms with Crippen LogP contribution in [0.1, 0.15) is 43.9 Å². The number of ether oxygens (including phenoxy) is 1. The van der Waals surface area contributed by atoms with Gasteiger partial charge in [-0.15, -0.1) is 0 Å². The highest BCUT2D eigenvalue weighted by Crippen LogP contribution is 2.35. The van der Waals surface area contributed by atoms with E-state index in [1.807, 2.05) is 31.9 Å². The Morgan fingerprint density at radius 1 is 1.42 bits per heavy atom. The molecule has 1 aromatic carbocycles. The zero-order valence-corrected chi connectivity index (χ0v) is 12.3. The van der Waals surface area contributed by atoms with Crippen molar-refractivity contribution in [2.75, 3.05) is 14.2 Å². The predicted molar refractivity (Wildman–Crippen MR) is 76.3 cm³/mol. The Labute approximate surface area is 115 Å². The average Bonchev–Trinajstić information content (AvgIpc) is 2.44. The van der Waals surface area contributed by atoms with Gasteiger partial charge in [0.05, 0.1) is 13.2 Å². The van der Waals surface area contributed by atoms with Gasteiger partial charge < -0.3 is 9.64 Å². The minimum Gasteiger partial charge on any atom is -0.497 e. The van der Waals surface area contributed by atoms with Gasteiger partial charge in [0.15, 0.2) is 0 Å². The van der Waals surface area contributed by atoms with Crippen molar-refractivity contribution >= 4 is 5.91 Å². The van der Waals surface area contributed by atoms with Crippen molar-refractivity contribution in [3.8, 4) is 5.75 Å². The molecule has 0 heterocycles. The summed E-state index contributed by atoms with van der Waals surface area (Å²) in [6.45, 7) is 3.91. The number of hydrogen-bond acceptors (Lipinski definition) is 2. The Morgan fingerprint density at radius 3 is 2.79 bits per heavy atom. The number of rotatable bonds is 3. The first-order chi connectivity index (χ1) is 9.04. The molecule has 0 unspecified atom stereocenters. The molecule has 1 aromatic rings. The van der Waals surface area contributed by atoms with E-state index in [0.717, 1.165) is 25.0 Å². The number of hydrogen-bond donors (Lipinski definition) is 0. The van der Waals surface area contributed by atoms with Crippen LogP contribution in [-0.2, 0) is 11.2 Å². The number of benzene rings is 1. The second-order valence-electron chi connectivity index (χ2n) is 5.58. The van der Waals surface area contributed by atoms with Crippen LogP contribution in [0.5, 0.6) is 5.75 Å². The fraction of sp³-hybridized carbons (Fsp3) is 0.562. The lowest BCUT2D eigenvalue weighted by atomic mass is 9.86. The molecule has 0 aromatic heterocycles. The summed E-state index contributed by atoms with van der Waals surface area (Å²) in [5.41, 5.74) is 2.60. The Balaban J connectivity index is 2.29. The normalized spacial score (nSPS) is 18.1. The van der Waals surface area contributed by atoms with Crippen LogP contribution in [0.4, 0.5) is 0 Å². The van der Waals surface area contributed by atoms with Gasteiger partial charge in [0, 0.05) is 13.0 Å². The zero-order chi connectivity index (χ0) is 14.0. The van der Waals surface area contributed by atoms with Crippen LogP contribution in [0, 0.1) is 5.92 Å². The van der Waals surface area contributed by atoms with Crippen molar-refractivity contribution in [3.63, 3.8) is 0 Å². The van der Waals surface area contributed by atoms with Gasteiger partial charge in [0.1, 0.15) is 5.75 Å². The molecule has 0 spiro atoms. The molecule has 19 heavy (non-hydrogen) atoms. The van der Waals surface area contributed by atoms with Crippen molar-refractivity contribution in [3.05, 3.63) is 29.3 Å². The Bertz CT molecular complexity index is 468. The lowest BCUT2D eigenvalue weighted by Gasteiger charge is -2.34. The van der Waals surface area contributed by atoms with E-state index >= 15 is 0 Å². The maximum atomic E-state index is 12.2. The zero-order valence-electron chi connectivity index (χ0n) is 12.3. The van der Waals surface area contributed by atoms with Gasteiger partial charge in [-0.25, -0.2) is 0 Å². The third-order valence-corrected chi connectivity index (χ3v) is 3.94. The van der Waals surface area contributed by atoms with E-state index in [2.05, 4.69) is 12.1 Å². The molecule has 0 aliphatic heterocycles. The number of methoxy groups -OCH3 is 1. The Kier molecular flexibility index (Phi) is 4.13. The first-order valence-electron chi connectivity index (χ1n) is 6.98. The van der Waals surface area contributed by atoms with Gasteiger partial charge >= 0.3 is 0 Å². The number of nitrogens with zero attached hydrogens (tertiary/aromatic N) is 1. The van der Waals surface area contributed by atoms with Gasteiger partial charge in [0.2, 0.25) is 5.91 Å². The average molecular weight is 261 g/mol. The monoisotopic (exact) mass is 261 g/mol. The summed E-state index contributed by atoms with van der Waals surface area (Å²) in [5.74, 6) is 1.17. The molecular weight excluding hydrogens is 238 g/mol. The quantitative estimate of drug-likeness (QED) is 0.836. The first kappa shape index (κ1) is 13.9. The number of carbonyl (C=O) groups excluding carboxylic acids is 1. The van der Waals surface area contributed by atoms with Crippen LogP contribution in [0.2, 0.25) is 0 Å². The third-order valence-electron chi connectivity index (χ3n) is 3.94. The van der Waals surface area contributed by atoms with Crippen LogP contribution in [0.3, 0.4) is 0 Å². The fourth-order valence-electron chi connectivity index (χ4n) is 2.86. The molecule has 3 nitrogen and oxygen atoms in total. The molecular formula is C16H23NO2. The smallest absolute Gasteiger partial charge is 0.225 e. The number of amides is 1. The summed E-state index contributed by atoms with van der Waals surface area (Å²) in [5, 5.41) is 0. The van der Waals surface area contributed by atoms with E-state index in [9.17, 15) is 4.79 Å². The van der Waals surface area contributed by atoms with E-state index in [0.29, 0.717) is 0 Å². The maximum absolute atomic E-state index is 12.2. The maximum Gasteiger partial charge on any atom is 0.225 e. The van der Waals surface area contributed by atoms with Crippen molar-refractivity contribution in [1.82, 2.24) is 4.90 Å². The number of fused-ring (bicyclic) bond motifs is 1. The fourth-order valence-corrected chi connectivity index (χ4v) is 2.86. The SMILES string of the molecule is COc1ccc2c(c1)CCC[C@@H]2N(C)C(=O)C(C)C. The van der Waals surface area contributed by atoms with E-state index in [4.69, 9.17) is 4.74 Å².